The quantitative estimate of drug-likeness (QED) is 0.105. The molecule has 0 aliphatic heterocycles. The SMILES string of the molecule is O=C(CSc1cccc(NC(=O)/C(=C\c2cccc3ccccc23)NC(=O)c2ccccc2)c1)Nc1cccc(C(=O)O)c1. The van der Waals surface area contributed by atoms with Crippen molar-refractivity contribution in [2.24, 2.45) is 0 Å². The van der Waals surface area contributed by atoms with E-state index < -0.39 is 17.8 Å². The van der Waals surface area contributed by atoms with Gasteiger partial charge in [0.05, 0.1) is 11.3 Å². The lowest BCUT2D eigenvalue weighted by molar-refractivity contribution is -0.114. The molecule has 0 aliphatic carbocycles. The molecule has 0 radical (unpaired) electrons. The summed E-state index contributed by atoms with van der Waals surface area (Å²) in [6.07, 6.45) is 1.65. The molecule has 0 bridgehead atoms. The fraction of sp³-hybridized carbons (Fsp3) is 0.0286. The summed E-state index contributed by atoms with van der Waals surface area (Å²) in [4.78, 5) is 51.0. The van der Waals surface area contributed by atoms with Gasteiger partial charge < -0.3 is 21.1 Å². The number of carbonyl (C=O) groups excluding carboxylic acids is 3. The number of amides is 3. The maximum Gasteiger partial charge on any atom is 0.335 e. The first-order valence-electron chi connectivity index (χ1n) is 13.6. The minimum absolute atomic E-state index is 0.0636. The molecule has 0 heterocycles. The van der Waals surface area contributed by atoms with Crippen LogP contribution in [0, 0.1) is 0 Å². The van der Waals surface area contributed by atoms with Gasteiger partial charge >= 0.3 is 5.97 Å². The van der Waals surface area contributed by atoms with E-state index in [2.05, 4.69) is 16.0 Å². The van der Waals surface area contributed by atoms with Crippen molar-refractivity contribution in [2.45, 2.75) is 4.90 Å². The topological polar surface area (TPSA) is 125 Å². The Morgan fingerprint density at radius 1 is 0.682 bits per heavy atom. The van der Waals surface area contributed by atoms with Crippen molar-refractivity contribution >= 4 is 63.7 Å². The van der Waals surface area contributed by atoms with Crippen molar-refractivity contribution < 1.29 is 24.3 Å². The van der Waals surface area contributed by atoms with Gasteiger partial charge in [-0.1, -0.05) is 72.8 Å². The fourth-order valence-corrected chi connectivity index (χ4v) is 5.17. The summed E-state index contributed by atoms with van der Waals surface area (Å²) in [5, 5.41) is 19.4. The number of carboxylic acid groups (broad SMARTS) is 1. The Kier molecular flexibility index (Phi) is 9.48. The normalized spacial score (nSPS) is 11.0. The van der Waals surface area contributed by atoms with Crippen molar-refractivity contribution in [3.05, 3.63) is 144 Å². The van der Waals surface area contributed by atoms with Crippen molar-refractivity contribution in [3.8, 4) is 0 Å². The molecule has 0 spiro atoms. The maximum atomic E-state index is 13.6. The molecule has 5 aromatic carbocycles. The number of nitrogens with one attached hydrogen (secondary N) is 3. The maximum absolute atomic E-state index is 13.6. The van der Waals surface area contributed by atoms with Crippen LogP contribution in [0.2, 0.25) is 0 Å². The van der Waals surface area contributed by atoms with Gasteiger partial charge in [0.25, 0.3) is 11.8 Å². The number of fused-ring (bicyclic) bond motifs is 1. The third-order valence-electron chi connectivity index (χ3n) is 6.51. The molecule has 9 heteroatoms. The average Bonchev–Trinajstić information content (AvgIpc) is 3.04. The van der Waals surface area contributed by atoms with Gasteiger partial charge in [-0.05, 0) is 70.9 Å². The molecule has 5 rings (SSSR count). The molecule has 0 aromatic heterocycles. The Morgan fingerprint density at radius 2 is 1.34 bits per heavy atom. The van der Waals surface area contributed by atoms with E-state index in [1.807, 2.05) is 54.6 Å². The second-order valence-corrected chi connectivity index (χ2v) is 10.7. The minimum Gasteiger partial charge on any atom is -0.478 e. The van der Waals surface area contributed by atoms with Crippen LogP contribution in [0.4, 0.5) is 11.4 Å². The molecule has 0 atom stereocenters. The zero-order valence-electron chi connectivity index (χ0n) is 23.3. The number of carboxylic acids is 1. The largest absolute Gasteiger partial charge is 0.478 e. The second-order valence-electron chi connectivity index (χ2n) is 9.65. The Hall–Kier alpha value is -5.67. The summed E-state index contributed by atoms with van der Waals surface area (Å²) in [7, 11) is 0. The highest BCUT2D eigenvalue weighted by molar-refractivity contribution is 8.00. The van der Waals surface area contributed by atoms with Crippen LogP contribution in [-0.4, -0.2) is 34.6 Å². The molecule has 0 fully saturated rings. The molecule has 218 valence electrons. The van der Waals surface area contributed by atoms with E-state index in [1.165, 1.54) is 23.9 Å². The Balaban J connectivity index is 1.31. The first-order valence-corrected chi connectivity index (χ1v) is 14.6. The monoisotopic (exact) mass is 601 g/mol. The molecule has 5 aromatic rings. The van der Waals surface area contributed by atoms with Crippen molar-refractivity contribution in [1.82, 2.24) is 5.32 Å². The van der Waals surface area contributed by atoms with Crippen molar-refractivity contribution in [1.29, 1.82) is 0 Å². The molecule has 0 unspecified atom stereocenters. The van der Waals surface area contributed by atoms with E-state index in [0.29, 0.717) is 16.9 Å². The molecule has 4 N–H and O–H groups in total. The van der Waals surface area contributed by atoms with Crippen LogP contribution in [-0.2, 0) is 9.59 Å². The molecule has 0 aliphatic rings. The van der Waals surface area contributed by atoms with E-state index in [-0.39, 0.29) is 22.9 Å². The van der Waals surface area contributed by atoms with Gasteiger partial charge in [0.1, 0.15) is 5.70 Å². The van der Waals surface area contributed by atoms with Gasteiger partial charge in [-0.3, -0.25) is 14.4 Å². The zero-order chi connectivity index (χ0) is 30.9. The van der Waals surface area contributed by atoms with Gasteiger partial charge in [-0.25, -0.2) is 4.79 Å². The van der Waals surface area contributed by atoms with E-state index in [0.717, 1.165) is 21.2 Å². The third-order valence-corrected chi connectivity index (χ3v) is 7.50. The smallest absolute Gasteiger partial charge is 0.335 e. The van der Waals surface area contributed by atoms with Crippen molar-refractivity contribution in [2.75, 3.05) is 16.4 Å². The first-order chi connectivity index (χ1) is 21.4. The zero-order valence-corrected chi connectivity index (χ0v) is 24.1. The summed E-state index contributed by atoms with van der Waals surface area (Å²) in [5.74, 6) is -2.26. The molecule has 3 amide bonds. The lowest BCUT2D eigenvalue weighted by Gasteiger charge is -2.13. The number of aromatic carboxylic acids is 1. The molecule has 8 nitrogen and oxygen atoms in total. The minimum atomic E-state index is -1.08. The van der Waals surface area contributed by atoms with Crippen LogP contribution in [0.3, 0.4) is 0 Å². The van der Waals surface area contributed by atoms with Gasteiger partial charge in [-0.15, -0.1) is 11.8 Å². The van der Waals surface area contributed by atoms with Crippen molar-refractivity contribution in [3.63, 3.8) is 0 Å². The van der Waals surface area contributed by atoms with E-state index in [4.69, 9.17) is 5.11 Å². The van der Waals surface area contributed by atoms with Gasteiger partial charge in [0, 0.05) is 21.8 Å². The average molecular weight is 602 g/mol. The summed E-state index contributed by atoms with van der Waals surface area (Å²) in [6, 6.07) is 35.2. The standard InChI is InChI=1S/C35H27N3O5S/c39-32(36-27-15-7-14-26(19-27)35(42)43)22-44-29-17-8-16-28(21-29)37-34(41)31(38-33(40)24-10-2-1-3-11-24)20-25-13-6-12-23-9-4-5-18-30(23)25/h1-21H,22H2,(H,36,39)(H,37,41)(H,38,40)(H,42,43)/b31-20+. The molecular formula is C35H27N3O5S. The number of rotatable bonds is 10. The lowest BCUT2D eigenvalue weighted by Crippen LogP contribution is -2.30. The number of hydrogen-bond acceptors (Lipinski definition) is 5. The van der Waals surface area contributed by atoms with Crippen LogP contribution in [0.15, 0.2) is 132 Å². The lowest BCUT2D eigenvalue weighted by atomic mass is 10.0. The highest BCUT2D eigenvalue weighted by Crippen LogP contribution is 2.24. The predicted octanol–water partition coefficient (Wildman–Crippen LogP) is 6.68. The number of benzene rings is 5. The van der Waals surface area contributed by atoms with E-state index >= 15 is 0 Å². The van der Waals surface area contributed by atoms with Crippen LogP contribution in [0.25, 0.3) is 16.8 Å². The summed E-state index contributed by atoms with van der Waals surface area (Å²) in [5.41, 5.74) is 2.19. The Bertz CT molecular complexity index is 1880. The van der Waals surface area contributed by atoms with Crippen LogP contribution in [0.5, 0.6) is 0 Å². The van der Waals surface area contributed by atoms with Crippen LogP contribution in [0.1, 0.15) is 26.3 Å². The Labute approximate surface area is 257 Å². The third kappa shape index (κ3) is 7.78. The summed E-state index contributed by atoms with van der Waals surface area (Å²) in [6.45, 7) is 0. The van der Waals surface area contributed by atoms with Gasteiger partial charge in [-0.2, -0.15) is 0 Å². The molecule has 0 saturated heterocycles. The number of thioether (sulfide) groups is 1. The van der Waals surface area contributed by atoms with Gasteiger partial charge in [0.15, 0.2) is 0 Å². The van der Waals surface area contributed by atoms with E-state index in [9.17, 15) is 19.2 Å². The molecule has 44 heavy (non-hydrogen) atoms. The van der Waals surface area contributed by atoms with Crippen LogP contribution >= 0.6 is 11.8 Å². The Morgan fingerprint density at radius 3 is 2.14 bits per heavy atom. The first kappa shape index (κ1) is 29.8. The molecule has 0 saturated carbocycles. The second kappa shape index (κ2) is 14.0. The van der Waals surface area contributed by atoms with Crippen LogP contribution < -0.4 is 16.0 Å². The van der Waals surface area contributed by atoms with Gasteiger partial charge in [0.2, 0.25) is 5.91 Å². The summed E-state index contributed by atoms with van der Waals surface area (Å²) >= 11 is 1.26. The number of anilines is 2. The number of carbonyl (C=O) groups is 4. The number of hydrogen-bond donors (Lipinski definition) is 4. The summed E-state index contributed by atoms with van der Waals surface area (Å²) < 4.78 is 0. The molecular weight excluding hydrogens is 574 g/mol. The predicted molar refractivity (Wildman–Crippen MR) is 174 cm³/mol. The highest BCUT2D eigenvalue weighted by atomic mass is 32.2. The fourth-order valence-electron chi connectivity index (χ4n) is 4.41. The highest BCUT2D eigenvalue weighted by Gasteiger charge is 2.16. The van der Waals surface area contributed by atoms with E-state index in [1.54, 1.807) is 60.7 Å².